The summed E-state index contributed by atoms with van der Waals surface area (Å²) in [5.41, 5.74) is 6.56. The van der Waals surface area contributed by atoms with E-state index < -0.39 is 0 Å². The molecule has 0 saturated heterocycles. The minimum atomic E-state index is -0.159. The van der Waals surface area contributed by atoms with Gasteiger partial charge in [-0.05, 0) is 37.0 Å². The lowest BCUT2D eigenvalue weighted by atomic mass is 10.2. The lowest BCUT2D eigenvalue weighted by Gasteiger charge is -2.07. The number of carbonyl (C=O) groups excluding carboxylic acids is 1. The number of nitrogens with one attached hydrogen (secondary N) is 1. The van der Waals surface area contributed by atoms with Gasteiger partial charge < -0.3 is 15.8 Å². The summed E-state index contributed by atoms with van der Waals surface area (Å²) in [7, 11) is 0. The van der Waals surface area contributed by atoms with Gasteiger partial charge in [-0.3, -0.25) is 4.79 Å². The van der Waals surface area contributed by atoms with Crippen LogP contribution in [0.3, 0.4) is 0 Å². The molecular formula is C13H17ClN2O2. The van der Waals surface area contributed by atoms with Crippen LogP contribution in [0.15, 0.2) is 18.2 Å². The standard InChI is InChI=1S/C13H17ClN2O2/c14-11-4-3-10(7-12(11)15)13(17)16-5-6-18-8-9-1-2-9/h3-4,7,9H,1-2,5-6,8,15H2,(H,16,17). The largest absolute Gasteiger partial charge is 0.398 e. The van der Waals surface area contributed by atoms with Crippen molar-refractivity contribution in [1.29, 1.82) is 0 Å². The molecule has 2 rings (SSSR count). The van der Waals surface area contributed by atoms with E-state index in [1.54, 1.807) is 18.2 Å². The molecule has 98 valence electrons. The van der Waals surface area contributed by atoms with E-state index in [2.05, 4.69) is 5.32 Å². The van der Waals surface area contributed by atoms with Crippen LogP contribution in [-0.2, 0) is 4.74 Å². The number of carbonyl (C=O) groups is 1. The van der Waals surface area contributed by atoms with Crippen molar-refractivity contribution in [2.24, 2.45) is 5.92 Å². The normalized spacial score (nSPS) is 14.5. The van der Waals surface area contributed by atoms with Crippen LogP contribution in [0.1, 0.15) is 23.2 Å². The second-order valence-corrected chi connectivity index (χ2v) is 4.92. The monoisotopic (exact) mass is 268 g/mol. The van der Waals surface area contributed by atoms with Gasteiger partial charge in [0.05, 0.1) is 17.3 Å². The van der Waals surface area contributed by atoms with E-state index in [9.17, 15) is 4.79 Å². The van der Waals surface area contributed by atoms with Crippen molar-refractivity contribution in [3.63, 3.8) is 0 Å². The molecule has 1 aliphatic rings. The molecule has 0 unspecified atom stereocenters. The first-order chi connectivity index (χ1) is 8.66. The molecule has 18 heavy (non-hydrogen) atoms. The van der Waals surface area contributed by atoms with Crippen molar-refractivity contribution < 1.29 is 9.53 Å². The molecule has 1 fully saturated rings. The average Bonchev–Trinajstić information content (AvgIpc) is 3.16. The van der Waals surface area contributed by atoms with Crippen LogP contribution in [-0.4, -0.2) is 25.7 Å². The summed E-state index contributed by atoms with van der Waals surface area (Å²) in [5.74, 6) is 0.588. The lowest BCUT2D eigenvalue weighted by molar-refractivity contribution is 0.0906. The topological polar surface area (TPSA) is 64.4 Å². The second kappa shape index (κ2) is 6.07. The summed E-state index contributed by atoms with van der Waals surface area (Å²) >= 11 is 5.79. The minimum absolute atomic E-state index is 0.159. The van der Waals surface area contributed by atoms with Crippen molar-refractivity contribution in [3.05, 3.63) is 28.8 Å². The number of nitrogen functional groups attached to an aromatic ring is 1. The molecule has 0 atom stereocenters. The second-order valence-electron chi connectivity index (χ2n) is 4.51. The first-order valence-electron chi connectivity index (χ1n) is 6.08. The number of benzene rings is 1. The highest BCUT2D eigenvalue weighted by molar-refractivity contribution is 6.33. The lowest BCUT2D eigenvalue weighted by Crippen LogP contribution is -2.27. The summed E-state index contributed by atoms with van der Waals surface area (Å²) in [6.07, 6.45) is 2.55. The van der Waals surface area contributed by atoms with Crippen LogP contribution in [0, 0.1) is 5.92 Å². The third-order valence-electron chi connectivity index (χ3n) is 2.84. The van der Waals surface area contributed by atoms with Gasteiger partial charge in [0.1, 0.15) is 0 Å². The first kappa shape index (κ1) is 13.2. The van der Waals surface area contributed by atoms with Crippen LogP contribution >= 0.6 is 11.6 Å². The molecule has 4 nitrogen and oxygen atoms in total. The highest BCUT2D eigenvalue weighted by Gasteiger charge is 2.20. The van der Waals surface area contributed by atoms with Crippen LogP contribution in [0.25, 0.3) is 0 Å². The van der Waals surface area contributed by atoms with Crippen molar-refractivity contribution in [1.82, 2.24) is 5.32 Å². The molecule has 1 aromatic rings. The Bertz CT molecular complexity index is 433. The molecule has 5 heteroatoms. The van der Waals surface area contributed by atoms with Gasteiger partial charge in [0, 0.05) is 18.7 Å². The first-order valence-corrected chi connectivity index (χ1v) is 6.45. The predicted octanol–water partition coefficient (Wildman–Crippen LogP) is 2.08. The van der Waals surface area contributed by atoms with Crippen molar-refractivity contribution in [2.75, 3.05) is 25.5 Å². The summed E-state index contributed by atoms with van der Waals surface area (Å²) < 4.78 is 5.43. The van der Waals surface area contributed by atoms with Gasteiger partial charge in [-0.2, -0.15) is 0 Å². The Morgan fingerprint density at radius 2 is 2.28 bits per heavy atom. The summed E-state index contributed by atoms with van der Waals surface area (Å²) in [6.45, 7) is 1.86. The van der Waals surface area contributed by atoms with Crippen LogP contribution in [0.4, 0.5) is 5.69 Å². The zero-order valence-corrected chi connectivity index (χ0v) is 10.9. The summed E-state index contributed by atoms with van der Waals surface area (Å²) in [6, 6.07) is 4.84. The molecule has 1 saturated carbocycles. The molecule has 1 amide bonds. The molecular weight excluding hydrogens is 252 g/mol. The number of hydrogen-bond acceptors (Lipinski definition) is 3. The summed E-state index contributed by atoms with van der Waals surface area (Å²) in [4.78, 5) is 11.8. The minimum Gasteiger partial charge on any atom is -0.398 e. The van der Waals surface area contributed by atoms with Crippen molar-refractivity contribution >= 4 is 23.2 Å². The third kappa shape index (κ3) is 3.89. The molecule has 0 aromatic heterocycles. The zero-order valence-electron chi connectivity index (χ0n) is 10.1. The fraction of sp³-hybridized carbons (Fsp3) is 0.462. The quantitative estimate of drug-likeness (QED) is 0.613. The van der Waals surface area contributed by atoms with Crippen LogP contribution in [0.2, 0.25) is 5.02 Å². The van der Waals surface area contributed by atoms with E-state index in [0.717, 1.165) is 12.5 Å². The van der Waals surface area contributed by atoms with Crippen molar-refractivity contribution in [3.8, 4) is 0 Å². The average molecular weight is 269 g/mol. The number of ether oxygens (including phenoxy) is 1. The smallest absolute Gasteiger partial charge is 0.251 e. The Labute approximate surface area is 111 Å². The van der Waals surface area contributed by atoms with Gasteiger partial charge >= 0.3 is 0 Å². The van der Waals surface area contributed by atoms with Crippen LogP contribution in [0.5, 0.6) is 0 Å². The van der Waals surface area contributed by atoms with E-state index in [1.165, 1.54) is 12.8 Å². The molecule has 0 spiro atoms. The zero-order chi connectivity index (χ0) is 13.0. The Morgan fingerprint density at radius 3 is 2.94 bits per heavy atom. The van der Waals surface area contributed by atoms with E-state index >= 15 is 0 Å². The van der Waals surface area contributed by atoms with Gasteiger partial charge in [0.2, 0.25) is 0 Å². The summed E-state index contributed by atoms with van der Waals surface area (Å²) in [5, 5.41) is 3.23. The van der Waals surface area contributed by atoms with E-state index in [4.69, 9.17) is 22.1 Å². The Hall–Kier alpha value is -1.26. The van der Waals surface area contributed by atoms with Gasteiger partial charge in [-0.1, -0.05) is 11.6 Å². The molecule has 0 bridgehead atoms. The maximum absolute atomic E-state index is 11.8. The third-order valence-corrected chi connectivity index (χ3v) is 3.18. The van der Waals surface area contributed by atoms with Gasteiger partial charge in [0.15, 0.2) is 0 Å². The highest BCUT2D eigenvalue weighted by Crippen LogP contribution is 2.28. The Balaban J connectivity index is 1.70. The highest BCUT2D eigenvalue weighted by atomic mass is 35.5. The maximum atomic E-state index is 11.8. The number of hydrogen-bond donors (Lipinski definition) is 2. The molecule has 0 aliphatic heterocycles. The maximum Gasteiger partial charge on any atom is 0.251 e. The number of nitrogens with two attached hydrogens (primary N) is 1. The molecule has 3 N–H and O–H groups in total. The molecule has 1 aliphatic carbocycles. The Kier molecular flexibility index (Phi) is 4.44. The fourth-order valence-corrected chi connectivity index (χ4v) is 1.68. The molecule has 1 aromatic carbocycles. The number of anilines is 1. The van der Waals surface area contributed by atoms with Gasteiger partial charge in [-0.15, -0.1) is 0 Å². The number of amides is 1. The van der Waals surface area contributed by atoms with Gasteiger partial charge in [0.25, 0.3) is 5.91 Å². The predicted molar refractivity (Wildman–Crippen MR) is 71.7 cm³/mol. The molecule has 0 heterocycles. The molecule has 0 radical (unpaired) electrons. The Morgan fingerprint density at radius 1 is 1.50 bits per heavy atom. The number of halogens is 1. The van der Waals surface area contributed by atoms with E-state index in [1.807, 2.05) is 0 Å². The van der Waals surface area contributed by atoms with Gasteiger partial charge in [-0.25, -0.2) is 0 Å². The number of rotatable bonds is 6. The fourth-order valence-electron chi connectivity index (χ4n) is 1.56. The van der Waals surface area contributed by atoms with E-state index in [0.29, 0.717) is 29.4 Å². The SMILES string of the molecule is Nc1cc(C(=O)NCCOCC2CC2)ccc1Cl. The van der Waals surface area contributed by atoms with Crippen LogP contribution < -0.4 is 11.1 Å². The van der Waals surface area contributed by atoms with Crippen molar-refractivity contribution in [2.45, 2.75) is 12.8 Å². The van der Waals surface area contributed by atoms with E-state index in [-0.39, 0.29) is 5.91 Å².